The third kappa shape index (κ3) is 2.32. The van der Waals surface area contributed by atoms with Gasteiger partial charge < -0.3 is 0 Å². The van der Waals surface area contributed by atoms with Crippen LogP contribution >= 0.6 is 0 Å². The zero-order valence-corrected chi connectivity index (χ0v) is 11.7. The highest BCUT2D eigenvalue weighted by Crippen LogP contribution is 2.17. The summed E-state index contributed by atoms with van der Waals surface area (Å²) in [6, 6.07) is 18.1. The predicted octanol–water partition coefficient (Wildman–Crippen LogP) is 4.70. The van der Waals surface area contributed by atoms with Crippen molar-refractivity contribution in [3.05, 3.63) is 70.4 Å². The molecular formula is C19H18O. The number of rotatable bonds is 3. The van der Waals surface area contributed by atoms with Crippen LogP contribution in [-0.2, 0) is 6.42 Å². The summed E-state index contributed by atoms with van der Waals surface area (Å²) in [7, 11) is 0. The summed E-state index contributed by atoms with van der Waals surface area (Å²) in [6.07, 6.45) is 3.47. The summed E-state index contributed by atoms with van der Waals surface area (Å²) in [5.41, 5.74) is 1.44. The van der Waals surface area contributed by atoms with E-state index >= 15 is 0 Å². The average Bonchev–Trinajstić information content (AvgIpc) is 2.63. The van der Waals surface area contributed by atoms with Gasteiger partial charge in [0.1, 0.15) is 0 Å². The Morgan fingerprint density at radius 2 is 1.60 bits per heavy atom. The van der Waals surface area contributed by atoms with Gasteiger partial charge in [0.25, 0.3) is 0 Å². The van der Waals surface area contributed by atoms with Crippen LogP contribution in [0.4, 0.5) is 0 Å². The summed E-state index contributed by atoms with van der Waals surface area (Å²) in [6.45, 7) is 2.20. The molecule has 3 aromatic carbocycles. The molecule has 0 saturated heterocycles. The monoisotopic (exact) mass is 262 g/mol. The highest BCUT2D eigenvalue weighted by molar-refractivity contribution is 5.93. The summed E-state index contributed by atoms with van der Waals surface area (Å²) < 4.78 is 0. The van der Waals surface area contributed by atoms with Gasteiger partial charge in [0, 0.05) is 10.8 Å². The standard InChI is InChI=1S/C19H18O/c1-2-3-6-14-9-12-18-16(13-14)11-10-15-7-4-5-8-17(15)19(18)20/h4-5,7-13H,2-3,6H2,1H3. The van der Waals surface area contributed by atoms with E-state index in [1.807, 2.05) is 36.4 Å². The number of fused-ring (bicyclic) bond motifs is 2. The Morgan fingerprint density at radius 3 is 2.45 bits per heavy atom. The molecule has 3 rings (SSSR count). The summed E-state index contributed by atoms with van der Waals surface area (Å²) in [5.74, 6) is 0. The molecule has 0 aliphatic heterocycles. The van der Waals surface area contributed by atoms with Gasteiger partial charge in [-0.15, -0.1) is 0 Å². The Morgan fingerprint density at radius 1 is 0.850 bits per heavy atom. The number of benzene rings is 2. The third-order valence-corrected chi connectivity index (χ3v) is 3.83. The second-order valence-electron chi connectivity index (χ2n) is 5.27. The number of hydrogen-bond acceptors (Lipinski definition) is 1. The largest absolute Gasteiger partial charge is 0.289 e. The Kier molecular flexibility index (Phi) is 3.51. The quantitative estimate of drug-likeness (QED) is 0.669. The first kappa shape index (κ1) is 12.9. The minimum Gasteiger partial charge on any atom is -0.289 e. The predicted molar refractivity (Wildman–Crippen MR) is 86.3 cm³/mol. The van der Waals surface area contributed by atoms with Crippen LogP contribution in [0.5, 0.6) is 0 Å². The normalized spacial score (nSPS) is 11.1. The molecule has 0 fully saturated rings. The van der Waals surface area contributed by atoms with Crippen LogP contribution in [0.3, 0.4) is 0 Å². The molecular weight excluding hydrogens is 244 g/mol. The second-order valence-corrected chi connectivity index (χ2v) is 5.27. The molecule has 1 heteroatoms. The molecule has 0 bridgehead atoms. The summed E-state index contributed by atoms with van der Waals surface area (Å²) in [5, 5.41) is 3.65. The van der Waals surface area contributed by atoms with Crippen molar-refractivity contribution >= 4 is 21.5 Å². The van der Waals surface area contributed by atoms with Crippen LogP contribution in [0.1, 0.15) is 25.3 Å². The Labute approximate surface area is 118 Å². The SMILES string of the molecule is CCCCc1ccc2c(=O)c3ccccc3ccc2c1. The average molecular weight is 262 g/mol. The molecule has 0 unspecified atom stereocenters. The van der Waals surface area contributed by atoms with E-state index in [2.05, 4.69) is 25.1 Å². The highest BCUT2D eigenvalue weighted by atomic mass is 16.1. The zero-order chi connectivity index (χ0) is 13.9. The van der Waals surface area contributed by atoms with Gasteiger partial charge in [0.2, 0.25) is 0 Å². The van der Waals surface area contributed by atoms with Gasteiger partial charge in [0.15, 0.2) is 5.43 Å². The van der Waals surface area contributed by atoms with Crippen molar-refractivity contribution in [3.8, 4) is 0 Å². The molecule has 0 atom stereocenters. The van der Waals surface area contributed by atoms with Crippen molar-refractivity contribution in [2.75, 3.05) is 0 Å². The van der Waals surface area contributed by atoms with Crippen LogP contribution in [0.15, 0.2) is 59.4 Å². The highest BCUT2D eigenvalue weighted by Gasteiger charge is 2.03. The van der Waals surface area contributed by atoms with Crippen molar-refractivity contribution in [2.45, 2.75) is 26.2 Å². The molecule has 0 saturated carbocycles. The van der Waals surface area contributed by atoms with E-state index < -0.39 is 0 Å². The van der Waals surface area contributed by atoms with E-state index in [1.165, 1.54) is 18.4 Å². The third-order valence-electron chi connectivity index (χ3n) is 3.83. The van der Waals surface area contributed by atoms with Gasteiger partial charge in [-0.1, -0.05) is 67.9 Å². The van der Waals surface area contributed by atoms with E-state index in [0.717, 1.165) is 28.0 Å². The maximum Gasteiger partial charge on any atom is 0.194 e. The molecule has 100 valence electrons. The molecule has 20 heavy (non-hydrogen) atoms. The van der Waals surface area contributed by atoms with Crippen molar-refractivity contribution in [1.29, 1.82) is 0 Å². The summed E-state index contributed by atoms with van der Waals surface area (Å²) in [4.78, 5) is 12.6. The first-order valence-electron chi connectivity index (χ1n) is 7.24. The molecule has 0 N–H and O–H groups in total. The lowest BCUT2D eigenvalue weighted by atomic mass is 10.0. The summed E-state index contributed by atoms with van der Waals surface area (Å²) >= 11 is 0. The molecule has 0 heterocycles. The van der Waals surface area contributed by atoms with Crippen molar-refractivity contribution in [3.63, 3.8) is 0 Å². The Balaban J connectivity index is 2.27. The Bertz CT molecular complexity index is 818. The second kappa shape index (κ2) is 5.46. The van der Waals surface area contributed by atoms with Crippen LogP contribution in [0.25, 0.3) is 21.5 Å². The maximum atomic E-state index is 12.6. The van der Waals surface area contributed by atoms with Crippen LogP contribution in [0.2, 0.25) is 0 Å². The van der Waals surface area contributed by atoms with Gasteiger partial charge in [-0.2, -0.15) is 0 Å². The van der Waals surface area contributed by atoms with Crippen molar-refractivity contribution in [2.24, 2.45) is 0 Å². The number of aryl methyl sites for hydroxylation is 1. The first-order valence-corrected chi connectivity index (χ1v) is 7.24. The van der Waals surface area contributed by atoms with E-state index in [-0.39, 0.29) is 5.43 Å². The van der Waals surface area contributed by atoms with Crippen molar-refractivity contribution in [1.82, 2.24) is 0 Å². The van der Waals surface area contributed by atoms with Gasteiger partial charge in [0.05, 0.1) is 0 Å². The maximum absolute atomic E-state index is 12.6. The van der Waals surface area contributed by atoms with Gasteiger partial charge in [-0.25, -0.2) is 0 Å². The minimum absolute atomic E-state index is 0.127. The molecule has 0 spiro atoms. The number of unbranched alkanes of at least 4 members (excludes halogenated alkanes) is 1. The lowest BCUT2D eigenvalue weighted by molar-refractivity contribution is 0.796. The van der Waals surface area contributed by atoms with E-state index in [0.29, 0.717) is 0 Å². The molecule has 1 nitrogen and oxygen atoms in total. The lowest BCUT2D eigenvalue weighted by Crippen LogP contribution is -1.98. The van der Waals surface area contributed by atoms with Gasteiger partial charge in [-0.3, -0.25) is 4.79 Å². The van der Waals surface area contributed by atoms with Crippen LogP contribution in [-0.4, -0.2) is 0 Å². The molecule has 0 radical (unpaired) electrons. The smallest absolute Gasteiger partial charge is 0.194 e. The number of hydrogen-bond donors (Lipinski definition) is 0. The lowest BCUT2D eigenvalue weighted by Gasteiger charge is -2.00. The molecule has 0 aliphatic rings. The van der Waals surface area contributed by atoms with Gasteiger partial charge in [-0.05, 0) is 29.2 Å². The van der Waals surface area contributed by atoms with Crippen molar-refractivity contribution < 1.29 is 0 Å². The fourth-order valence-corrected chi connectivity index (χ4v) is 2.67. The molecule has 3 aromatic rings. The van der Waals surface area contributed by atoms with Gasteiger partial charge >= 0.3 is 0 Å². The first-order chi connectivity index (χ1) is 9.79. The zero-order valence-electron chi connectivity index (χ0n) is 11.7. The minimum atomic E-state index is 0.127. The molecule has 0 aromatic heterocycles. The fraction of sp³-hybridized carbons (Fsp3) is 0.211. The fourth-order valence-electron chi connectivity index (χ4n) is 2.67. The van der Waals surface area contributed by atoms with Crippen LogP contribution < -0.4 is 5.43 Å². The Hall–Kier alpha value is -2.15. The molecule has 0 amide bonds. The van der Waals surface area contributed by atoms with E-state index in [9.17, 15) is 4.79 Å². The van der Waals surface area contributed by atoms with E-state index in [1.54, 1.807) is 0 Å². The molecule has 0 aliphatic carbocycles. The topological polar surface area (TPSA) is 17.1 Å². The van der Waals surface area contributed by atoms with E-state index in [4.69, 9.17) is 0 Å². The van der Waals surface area contributed by atoms with Crippen LogP contribution in [0, 0.1) is 0 Å².